The van der Waals surface area contributed by atoms with Gasteiger partial charge in [-0.2, -0.15) is 60.7 Å². The van der Waals surface area contributed by atoms with Crippen molar-refractivity contribution in [2.45, 2.75) is 0 Å². The van der Waals surface area contributed by atoms with Crippen LogP contribution in [0.4, 0.5) is 0 Å². The number of benzene rings is 7. The Morgan fingerprint density at radius 3 is 0.911 bits per heavy atom. The molecule has 0 bridgehead atoms. The maximum Gasteiger partial charge on any atom is -0.0293 e. The van der Waals surface area contributed by atoms with Crippen LogP contribution in [0.1, 0.15) is 0 Å². The van der Waals surface area contributed by atoms with Crippen molar-refractivity contribution < 1.29 is 23.3 Å². The van der Waals surface area contributed by atoms with Crippen molar-refractivity contribution in [2.24, 2.45) is 0 Å². The van der Waals surface area contributed by atoms with Gasteiger partial charge >= 0.3 is 30.2 Å². The van der Waals surface area contributed by atoms with Crippen LogP contribution in [-0.4, -0.2) is 6.88 Å². The zero-order chi connectivity index (χ0) is 28.7. The van der Waals surface area contributed by atoms with Gasteiger partial charge in [0.15, 0.2) is 0 Å². The summed E-state index contributed by atoms with van der Waals surface area (Å²) >= 11 is 1.36. The van der Waals surface area contributed by atoms with Crippen LogP contribution in [0.2, 0.25) is 0 Å². The number of rotatable bonds is 0. The van der Waals surface area contributed by atoms with E-state index < -0.39 is 0 Å². The molecule has 0 amide bonds. The predicted octanol–water partition coefficient (Wildman–Crippen LogP) is 12.1. The fourth-order valence-corrected chi connectivity index (χ4v) is 5.93. The van der Waals surface area contributed by atoms with Crippen LogP contribution < -0.4 is 0 Å². The number of halogens is 2. The maximum absolute atomic E-state index is 3.06. The van der Waals surface area contributed by atoms with Gasteiger partial charge in [0.25, 0.3) is 0 Å². The van der Waals surface area contributed by atoms with Crippen molar-refractivity contribution in [2.75, 3.05) is 0 Å². The van der Waals surface area contributed by atoms with Gasteiger partial charge in [-0.1, -0.05) is 129 Å². The summed E-state index contributed by atoms with van der Waals surface area (Å²) in [6.07, 6.45) is 0. The number of hydrogen-bond donors (Lipinski definition) is 0. The van der Waals surface area contributed by atoms with Gasteiger partial charge in [-0.15, -0.1) is 58.5 Å². The van der Waals surface area contributed by atoms with Crippen LogP contribution in [0.25, 0.3) is 64.6 Å². The molecule has 0 atom stereocenters. The van der Waals surface area contributed by atoms with Gasteiger partial charge in [0, 0.05) is 0 Å². The van der Waals surface area contributed by atoms with Crippen molar-refractivity contribution in [1.29, 1.82) is 0 Å². The van der Waals surface area contributed by atoms with Gasteiger partial charge < -0.3 is 7.43 Å². The van der Waals surface area contributed by atoms with E-state index in [4.69, 9.17) is 0 Å². The van der Waals surface area contributed by atoms with Gasteiger partial charge in [-0.3, -0.25) is 0 Å². The Morgan fingerprint density at radius 1 is 0.378 bits per heavy atom. The molecule has 0 nitrogen and oxygen atoms in total. The van der Waals surface area contributed by atoms with Crippen molar-refractivity contribution in [3.8, 4) is 0 Å². The number of hydrogen-bond acceptors (Lipinski definition) is 0. The molecule has 0 N–H and O–H groups in total. The summed E-state index contributed by atoms with van der Waals surface area (Å²) in [5.74, 6) is 0. The van der Waals surface area contributed by atoms with E-state index in [1.165, 1.54) is 88.0 Å². The van der Waals surface area contributed by atoms with E-state index in [2.05, 4.69) is 146 Å². The van der Waals surface area contributed by atoms with Gasteiger partial charge in [-0.05, 0) is 10.8 Å². The fraction of sp³-hybridized carbons (Fsp3) is 0. The third kappa shape index (κ3) is 7.32. The Kier molecular flexibility index (Phi) is 13.8. The summed E-state index contributed by atoms with van der Waals surface area (Å²) in [6.45, 7) is 3.06. The molecule has 0 aliphatic heterocycles. The molecule has 0 unspecified atom stereocenters. The molecule has 9 rings (SSSR count). The molecule has 45 heavy (non-hydrogen) atoms. The second-order valence-corrected chi connectivity index (χ2v) is 9.97. The maximum atomic E-state index is 3.06. The van der Waals surface area contributed by atoms with Gasteiger partial charge in [0.2, 0.25) is 0 Å². The molecule has 222 valence electrons. The summed E-state index contributed by atoms with van der Waals surface area (Å²) in [5, 5.41) is 16.2. The third-order valence-electron chi connectivity index (χ3n) is 7.69. The normalized spacial score (nSPS) is 9.84. The van der Waals surface area contributed by atoms with Gasteiger partial charge in [0.05, 0.1) is 0 Å². The van der Waals surface area contributed by atoms with E-state index in [0.717, 1.165) is 0 Å². The standard InChI is InChI=1S/2C17H11.C6H5.CH3.2ClH.Si.Zr/c2*1-3-8-14-12(6-1)13-7-2-4-9-15(13)17-11-5-10-16(14)17;1-2-4-6-5-3-1;;;;;/h2*1-11H;1-5H;1H3;2*1H;;/q4*-1;;;;. The molecule has 0 saturated heterocycles. The van der Waals surface area contributed by atoms with Crippen molar-refractivity contribution in [3.05, 3.63) is 177 Å². The number of fused-ring (bicyclic) bond motifs is 12. The minimum absolute atomic E-state index is 0. The second kappa shape index (κ2) is 17.2. The molecule has 0 spiro atoms. The Hall–Kier alpha value is -3.52. The topological polar surface area (TPSA) is 0 Å². The average molecular weight is 715 g/mol. The Bertz CT molecular complexity index is 1940. The van der Waals surface area contributed by atoms with E-state index in [1.807, 2.05) is 30.3 Å². The van der Waals surface area contributed by atoms with Crippen LogP contribution in [0.5, 0.6) is 0 Å². The molecule has 0 saturated carbocycles. The Morgan fingerprint density at radius 2 is 0.644 bits per heavy atom. The fourth-order valence-electron chi connectivity index (χ4n) is 5.93. The zero-order valence-corrected chi connectivity index (χ0v) is 30.0. The minimum atomic E-state index is 0. The molecular weight excluding hydrogens is 683 g/mol. The van der Waals surface area contributed by atoms with Crippen molar-refractivity contribution in [3.63, 3.8) is 0 Å². The minimum Gasteiger partial charge on any atom is -0.184 e. The van der Waals surface area contributed by atoms with E-state index in [1.54, 1.807) is 0 Å². The first kappa shape index (κ1) is 36.0. The van der Waals surface area contributed by atoms with Gasteiger partial charge in [0.1, 0.15) is 0 Å². The predicted molar refractivity (Wildman–Crippen MR) is 201 cm³/mol. The molecule has 0 heterocycles. The zero-order valence-electron chi connectivity index (χ0n) is 24.9. The first-order valence-electron chi connectivity index (χ1n) is 14.0. The molecule has 2 radical (unpaired) electrons. The quantitative estimate of drug-likeness (QED) is 0.0833. The van der Waals surface area contributed by atoms with Crippen LogP contribution in [0, 0.1) is 13.5 Å². The molecule has 9 aromatic carbocycles. The molecule has 0 fully saturated rings. The monoisotopic (exact) mass is 712 g/mol. The van der Waals surface area contributed by atoms with Crippen LogP contribution in [0.15, 0.2) is 164 Å². The average Bonchev–Trinajstić information content (AvgIpc) is 3.79. The summed E-state index contributed by atoms with van der Waals surface area (Å²) in [4.78, 5) is 0. The van der Waals surface area contributed by atoms with Crippen molar-refractivity contribution >= 4 is 96.3 Å². The summed E-state index contributed by atoms with van der Waals surface area (Å²) in [7, 11) is 0. The van der Waals surface area contributed by atoms with Crippen LogP contribution in [0.3, 0.4) is 0 Å². The molecular formula is C41H32Cl2SiZr-4. The van der Waals surface area contributed by atoms with E-state index >= 15 is 0 Å². The van der Waals surface area contributed by atoms with Crippen LogP contribution in [-0.2, 0) is 23.3 Å². The Labute approximate surface area is 294 Å². The van der Waals surface area contributed by atoms with Gasteiger partial charge in [-0.25, -0.2) is 0 Å². The first-order chi connectivity index (χ1) is 20.9. The molecule has 0 aromatic heterocycles. The van der Waals surface area contributed by atoms with E-state index in [9.17, 15) is 0 Å². The molecule has 4 heteroatoms. The summed E-state index contributed by atoms with van der Waals surface area (Å²) < 4.78 is 0. The molecule has 0 aliphatic rings. The third-order valence-corrected chi connectivity index (χ3v) is 7.69. The first-order valence-corrected chi connectivity index (χ1v) is 18.1. The van der Waals surface area contributed by atoms with Crippen molar-refractivity contribution in [1.82, 2.24) is 0 Å². The smallest absolute Gasteiger partial charge is 0.0293 e. The SMILES string of the molecule is Cl.Cl.[CH3-].[Si]=[Zr].[c-]1ccccc1.c1ccc2c(c1)c1ccccc1c1[cH-]ccc21.c1ccc2c(c1)c1ccccc1c1[cH-]ccc21. The molecule has 0 aliphatic carbocycles. The Balaban J connectivity index is 0.000000189. The largest absolute Gasteiger partial charge is 0.184 e. The summed E-state index contributed by atoms with van der Waals surface area (Å²) in [5.41, 5.74) is 0. The summed E-state index contributed by atoms with van der Waals surface area (Å²) in [6, 6.07) is 60.3. The van der Waals surface area contributed by atoms with Crippen LogP contribution >= 0.6 is 24.8 Å². The van der Waals surface area contributed by atoms with E-state index in [0.29, 0.717) is 0 Å². The van der Waals surface area contributed by atoms with E-state index in [-0.39, 0.29) is 32.2 Å². The second-order valence-electron chi connectivity index (χ2n) is 9.97. The molecule has 9 aromatic rings.